The average molecular weight is 235 g/mol. The molecule has 0 aliphatic carbocycles. The fourth-order valence-corrected chi connectivity index (χ4v) is 1.12. The first-order valence-corrected chi connectivity index (χ1v) is 4.94. The lowest BCUT2D eigenvalue weighted by Gasteiger charge is -2.04. The van der Waals surface area contributed by atoms with Gasteiger partial charge in [-0.05, 0) is 12.0 Å². The van der Waals surface area contributed by atoms with Gasteiger partial charge in [0.05, 0.1) is 19.8 Å². The third-order valence-corrected chi connectivity index (χ3v) is 1.89. The Balaban J connectivity index is 2.72. The number of methoxy groups -OCH3 is 2. The van der Waals surface area contributed by atoms with Gasteiger partial charge in [-0.25, -0.2) is 4.98 Å². The summed E-state index contributed by atoms with van der Waals surface area (Å²) < 4.78 is 9.99. The number of nitrogens with zero attached hydrogens (tertiary/aromatic N) is 5. The Kier molecular flexibility index (Phi) is 5.33. The van der Waals surface area contributed by atoms with Crippen molar-refractivity contribution in [3.8, 4) is 11.9 Å². The van der Waals surface area contributed by atoms with Crippen molar-refractivity contribution in [2.45, 2.75) is 6.42 Å². The van der Waals surface area contributed by atoms with Gasteiger partial charge in [-0.1, -0.05) is 17.3 Å². The molecule has 0 atom stereocenters. The molecule has 0 aromatic carbocycles. The van der Waals surface area contributed by atoms with Crippen molar-refractivity contribution in [2.24, 2.45) is 5.11 Å². The van der Waals surface area contributed by atoms with E-state index in [-0.39, 0.29) is 6.01 Å². The second kappa shape index (κ2) is 7.08. The van der Waals surface area contributed by atoms with Crippen molar-refractivity contribution < 1.29 is 9.47 Å². The van der Waals surface area contributed by atoms with Crippen LogP contribution in [0.15, 0.2) is 17.4 Å². The van der Waals surface area contributed by atoms with Crippen LogP contribution in [-0.2, 0) is 0 Å². The van der Waals surface area contributed by atoms with Crippen molar-refractivity contribution in [2.75, 3.05) is 20.8 Å². The Morgan fingerprint density at radius 1 is 1.47 bits per heavy atom. The van der Waals surface area contributed by atoms with Gasteiger partial charge in [-0.2, -0.15) is 4.98 Å². The van der Waals surface area contributed by atoms with Gasteiger partial charge in [0.1, 0.15) is 0 Å². The van der Waals surface area contributed by atoms with E-state index in [1.165, 1.54) is 14.2 Å². The molecule has 1 aromatic heterocycles. The van der Waals surface area contributed by atoms with Crippen LogP contribution in [0.3, 0.4) is 0 Å². The molecule has 90 valence electrons. The molecule has 0 amide bonds. The lowest BCUT2D eigenvalue weighted by Crippen LogP contribution is -1.97. The van der Waals surface area contributed by atoms with Gasteiger partial charge in [-0.15, -0.1) is 0 Å². The molecule has 0 radical (unpaired) electrons. The second-order valence-corrected chi connectivity index (χ2v) is 2.97. The van der Waals surface area contributed by atoms with E-state index in [0.29, 0.717) is 18.8 Å². The quantitative estimate of drug-likeness (QED) is 0.327. The molecular weight excluding hydrogens is 222 g/mol. The van der Waals surface area contributed by atoms with E-state index in [9.17, 15) is 0 Å². The summed E-state index contributed by atoms with van der Waals surface area (Å²) in [4.78, 5) is 10.7. The molecule has 0 unspecified atom stereocenters. The first-order chi connectivity index (χ1) is 8.31. The Morgan fingerprint density at radius 3 is 2.94 bits per heavy atom. The molecule has 7 heteroatoms. The van der Waals surface area contributed by atoms with Crippen LogP contribution in [0.5, 0.6) is 11.9 Å². The van der Waals surface area contributed by atoms with Crippen molar-refractivity contribution in [1.29, 1.82) is 0 Å². The summed E-state index contributed by atoms with van der Waals surface area (Å²) in [6, 6.07) is 0.257. The summed E-state index contributed by atoms with van der Waals surface area (Å²) in [6.07, 6.45) is 5.93. The van der Waals surface area contributed by atoms with Crippen LogP contribution in [0.1, 0.15) is 12.0 Å². The Bertz CT molecular complexity index is 440. The zero-order valence-corrected chi connectivity index (χ0v) is 9.70. The molecule has 0 saturated carbocycles. The normalized spacial score (nSPS) is 10.0. The van der Waals surface area contributed by atoms with E-state index in [4.69, 9.17) is 15.0 Å². The molecule has 0 spiro atoms. The fourth-order valence-electron chi connectivity index (χ4n) is 1.12. The van der Waals surface area contributed by atoms with Crippen LogP contribution in [0, 0.1) is 0 Å². The van der Waals surface area contributed by atoms with Crippen LogP contribution in [0.2, 0.25) is 0 Å². The predicted octanol–water partition coefficient (Wildman–Crippen LogP) is 2.21. The van der Waals surface area contributed by atoms with E-state index in [1.807, 2.05) is 12.2 Å². The molecular formula is C10H13N5O2. The number of hydrogen-bond donors (Lipinski definition) is 0. The van der Waals surface area contributed by atoms with Crippen molar-refractivity contribution in [3.05, 3.63) is 28.3 Å². The summed E-state index contributed by atoms with van der Waals surface area (Å²) in [7, 11) is 3.02. The number of ether oxygens (including phenoxy) is 2. The summed E-state index contributed by atoms with van der Waals surface area (Å²) in [6.45, 7) is 0.423. The van der Waals surface area contributed by atoms with E-state index in [1.54, 1.807) is 6.20 Å². The van der Waals surface area contributed by atoms with Gasteiger partial charge in [0.25, 0.3) is 0 Å². The Morgan fingerprint density at radius 2 is 2.29 bits per heavy atom. The van der Waals surface area contributed by atoms with Crippen LogP contribution >= 0.6 is 0 Å². The highest BCUT2D eigenvalue weighted by atomic mass is 16.5. The molecule has 0 fully saturated rings. The predicted molar refractivity (Wildman–Crippen MR) is 62.8 cm³/mol. The van der Waals surface area contributed by atoms with Gasteiger partial charge < -0.3 is 9.47 Å². The van der Waals surface area contributed by atoms with Gasteiger partial charge in [0.15, 0.2) is 0 Å². The minimum Gasteiger partial charge on any atom is -0.480 e. The van der Waals surface area contributed by atoms with Crippen LogP contribution in [-0.4, -0.2) is 30.7 Å². The first-order valence-electron chi connectivity index (χ1n) is 4.94. The number of azide groups is 1. The van der Waals surface area contributed by atoms with Crippen molar-refractivity contribution in [3.63, 3.8) is 0 Å². The van der Waals surface area contributed by atoms with Gasteiger partial charge in [0, 0.05) is 17.7 Å². The summed E-state index contributed by atoms with van der Waals surface area (Å²) in [5.41, 5.74) is 8.85. The molecule has 1 heterocycles. The van der Waals surface area contributed by atoms with Gasteiger partial charge in [-0.3, -0.25) is 0 Å². The Hall–Kier alpha value is -2.27. The SMILES string of the molecule is COc1ncc(C=CCCN=[N+]=[N-])c(OC)n1. The Labute approximate surface area is 98.7 Å². The fraction of sp³-hybridized carbons (Fsp3) is 0.400. The van der Waals surface area contributed by atoms with E-state index < -0.39 is 0 Å². The molecule has 0 aliphatic rings. The van der Waals surface area contributed by atoms with Crippen molar-refractivity contribution >= 4 is 6.08 Å². The summed E-state index contributed by atoms with van der Waals surface area (Å²) in [5, 5.41) is 3.42. The van der Waals surface area contributed by atoms with Crippen LogP contribution in [0.25, 0.3) is 16.5 Å². The second-order valence-electron chi connectivity index (χ2n) is 2.97. The largest absolute Gasteiger partial charge is 0.480 e. The van der Waals surface area contributed by atoms with Crippen LogP contribution in [0.4, 0.5) is 0 Å². The molecule has 0 aliphatic heterocycles. The van der Waals surface area contributed by atoms with Gasteiger partial charge in [0.2, 0.25) is 5.88 Å². The topological polar surface area (TPSA) is 93.0 Å². The maximum Gasteiger partial charge on any atom is 0.319 e. The first kappa shape index (κ1) is 12.8. The smallest absolute Gasteiger partial charge is 0.319 e. The molecule has 1 aromatic rings. The number of rotatable bonds is 6. The average Bonchev–Trinajstić information content (AvgIpc) is 2.38. The van der Waals surface area contributed by atoms with Crippen molar-refractivity contribution in [1.82, 2.24) is 9.97 Å². The van der Waals surface area contributed by atoms with Gasteiger partial charge >= 0.3 is 6.01 Å². The molecule has 17 heavy (non-hydrogen) atoms. The summed E-state index contributed by atoms with van der Waals surface area (Å²) >= 11 is 0. The molecule has 0 saturated heterocycles. The third kappa shape index (κ3) is 4.00. The molecule has 1 rings (SSSR count). The maximum absolute atomic E-state index is 8.10. The standard InChI is InChI=1S/C10H13N5O2/c1-16-9-8(5-3-4-6-13-15-11)7-12-10(14-9)17-2/h3,5,7H,4,6H2,1-2H3. The maximum atomic E-state index is 8.10. The lowest BCUT2D eigenvalue weighted by molar-refractivity contribution is 0.351. The molecule has 0 bridgehead atoms. The lowest BCUT2D eigenvalue weighted by atomic mass is 10.2. The minimum atomic E-state index is 0.257. The highest BCUT2D eigenvalue weighted by molar-refractivity contribution is 5.53. The minimum absolute atomic E-state index is 0.257. The zero-order chi connectivity index (χ0) is 12.5. The van der Waals surface area contributed by atoms with E-state index in [0.717, 1.165) is 5.56 Å². The summed E-state index contributed by atoms with van der Waals surface area (Å²) in [5.74, 6) is 0.442. The monoisotopic (exact) mass is 235 g/mol. The molecule has 0 N–H and O–H groups in total. The highest BCUT2D eigenvalue weighted by Gasteiger charge is 2.04. The highest BCUT2D eigenvalue weighted by Crippen LogP contribution is 2.18. The van der Waals surface area contributed by atoms with E-state index >= 15 is 0 Å². The number of hydrogen-bond acceptors (Lipinski definition) is 5. The number of aromatic nitrogens is 2. The zero-order valence-electron chi connectivity index (χ0n) is 9.70. The molecule has 7 nitrogen and oxygen atoms in total. The van der Waals surface area contributed by atoms with Crippen LogP contribution < -0.4 is 9.47 Å². The van der Waals surface area contributed by atoms with E-state index in [2.05, 4.69) is 20.0 Å². The third-order valence-electron chi connectivity index (χ3n) is 1.89.